The Kier molecular flexibility index (Phi) is 7.99. The van der Waals surface area contributed by atoms with Gasteiger partial charge in [0.15, 0.2) is 0 Å². The van der Waals surface area contributed by atoms with Crippen LogP contribution in [-0.2, 0) is 21.5 Å². The highest BCUT2D eigenvalue weighted by molar-refractivity contribution is 5.86. The van der Waals surface area contributed by atoms with Crippen LogP contribution in [0.25, 0.3) is 0 Å². The van der Waals surface area contributed by atoms with Crippen LogP contribution in [0.5, 0.6) is 0 Å². The Hall–Kier alpha value is -1.59. The van der Waals surface area contributed by atoms with Crippen LogP contribution in [-0.4, -0.2) is 24.9 Å². The molecule has 0 aromatic heterocycles. The van der Waals surface area contributed by atoms with Crippen molar-refractivity contribution >= 4 is 24.2 Å². The van der Waals surface area contributed by atoms with Gasteiger partial charge in [0, 0.05) is 0 Å². The number of hydrogen-bond donors (Lipinski definition) is 3. The molecule has 6 heteroatoms. The van der Waals surface area contributed by atoms with Crippen LogP contribution in [0.1, 0.15) is 31.9 Å². The molecule has 0 fully saturated rings. The van der Waals surface area contributed by atoms with Gasteiger partial charge >= 0.3 is 0 Å². The summed E-state index contributed by atoms with van der Waals surface area (Å²) in [6, 6.07) is 8.13. The Labute approximate surface area is 132 Å². The molecule has 118 valence electrons. The number of hydrogen-bond acceptors (Lipinski definition) is 3. The summed E-state index contributed by atoms with van der Waals surface area (Å²) in [5.74, 6) is -0.582. The van der Waals surface area contributed by atoms with Gasteiger partial charge in [-0.15, -0.1) is 12.4 Å². The molecule has 0 aliphatic heterocycles. The van der Waals surface area contributed by atoms with Crippen molar-refractivity contribution in [1.29, 1.82) is 0 Å². The fourth-order valence-corrected chi connectivity index (χ4v) is 1.87. The van der Waals surface area contributed by atoms with E-state index < -0.39 is 5.54 Å². The first-order valence-electron chi connectivity index (χ1n) is 6.76. The smallest absolute Gasteiger partial charge is 0.240 e. The van der Waals surface area contributed by atoms with Crippen LogP contribution < -0.4 is 16.4 Å². The molecular formula is C15H24ClN3O2. The highest BCUT2D eigenvalue weighted by atomic mass is 35.5. The zero-order valence-corrected chi connectivity index (χ0v) is 13.5. The third-order valence-electron chi connectivity index (χ3n) is 3.17. The lowest BCUT2D eigenvalue weighted by molar-refractivity contribution is -0.126. The summed E-state index contributed by atoms with van der Waals surface area (Å²) < 4.78 is 0. The molecular weight excluding hydrogens is 290 g/mol. The number of nitrogens with two attached hydrogens (primary N) is 1. The second kappa shape index (κ2) is 8.64. The normalized spacial score (nSPS) is 10.5. The van der Waals surface area contributed by atoms with Gasteiger partial charge < -0.3 is 16.4 Å². The zero-order valence-electron chi connectivity index (χ0n) is 12.7. The molecule has 2 amide bonds. The van der Waals surface area contributed by atoms with Crippen molar-refractivity contribution in [2.24, 2.45) is 5.73 Å². The van der Waals surface area contributed by atoms with E-state index in [0.29, 0.717) is 0 Å². The maximum absolute atomic E-state index is 11.8. The third-order valence-corrected chi connectivity index (χ3v) is 3.17. The molecule has 4 N–H and O–H groups in total. The number of amides is 2. The van der Waals surface area contributed by atoms with Gasteiger partial charge in [0.05, 0.1) is 18.6 Å². The number of aryl methyl sites for hydroxylation is 1. The minimum absolute atomic E-state index is 0. The topological polar surface area (TPSA) is 84.2 Å². The standard InChI is InChI=1S/C15H23N3O2.ClH/c1-4-11-5-7-12(8-6-11)15(2,3)18-14(20)10-17-13(19)9-16;/h5-8H,4,9-10,16H2,1-3H3,(H,17,19)(H,18,20);1H. The molecule has 0 unspecified atom stereocenters. The van der Waals surface area contributed by atoms with Gasteiger partial charge in [0.2, 0.25) is 11.8 Å². The van der Waals surface area contributed by atoms with Crippen molar-refractivity contribution in [3.8, 4) is 0 Å². The molecule has 0 saturated carbocycles. The first-order chi connectivity index (χ1) is 9.39. The molecule has 1 rings (SSSR count). The second-order valence-corrected chi connectivity index (χ2v) is 5.20. The van der Waals surface area contributed by atoms with Crippen LogP contribution in [0.15, 0.2) is 24.3 Å². The highest BCUT2D eigenvalue weighted by Gasteiger charge is 2.22. The SMILES string of the molecule is CCc1ccc(C(C)(C)NC(=O)CNC(=O)CN)cc1.Cl. The first kappa shape index (κ1) is 19.4. The Morgan fingerprint density at radius 1 is 1.14 bits per heavy atom. The van der Waals surface area contributed by atoms with Crippen molar-refractivity contribution in [3.63, 3.8) is 0 Å². The third kappa shape index (κ3) is 6.14. The minimum Gasteiger partial charge on any atom is -0.346 e. The monoisotopic (exact) mass is 313 g/mol. The summed E-state index contributed by atoms with van der Waals surface area (Å²) in [7, 11) is 0. The summed E-state index contributed by atoms with van der Waals surface area (Å²) >= 11 is 0. The van der Waals surface area contributed by atoms with Gasteiger partial charge in [-0.05, 0) is 31.4 Å². The molecule has 0 heterocycles. The highest BCUT2D eigenvalue weighted by Crippen LogP contribution is 2.20. The number of carbonyl (C=O) groups is 2. The number of nitrogens with one attached hydrogen (secondary N) is 2. The predicted octanol–water partition coefficient (Wildman–Crippen LogP) is 1.10. The molecule has 0 aliphatic rings. The number of carbonyl (C=O) groups excluding carboxylic acids is 2. The van der Waals surface area contributed by atoms with E-state index in [1.54, 1.807) is 0 Å². The van der Waals surface area contributed by atoms with Crippen molar-refractivity contribution < 1.29 is 9.59 Å². The Morgan fingerprint density at radius 3 is 2.19 bits per heavy atom. The van der Waals surface area contributed by atoms with Crippen molar-refractivity contribution in [1.82, 2.24) is 10.6 Å². The Bertz CT molecular complexity index is 472. The Balaban J connectivity index is 0.00000400. The molecule has 5 nitrogen and oxygen atoms in total. The molecule has 0 atom stereocenters. The van der Waals surface area contributed by atoms with Gasteiger partial charge in [-0.25, -0.2) is 0 Å². The average molecular weight is 314 g/mol. The van der Waals surface area contributed by atoms with E-state index >= 15 is 0 Å². The van der Waals surface area contributed by atoms with E-state index in [2.05, 4.69) is 29.7 Å². The number of rotatable bonds is 6. The maximum atomic E-state index is 11.8. The van der Waals surface area contributed by atoms with Crippen LogP contribution in [0.2, 0.25) is 0 Å². The number of benzene rings is 1. The van der Waals surface area contributed by atoms with E-state index in [9.17, 15) is 9.59 Å². The lowest BCUT2D eigenvalue weighted by Crippen LogP contribution is -2.46. The van der Waals surface area contributed by atoms with E-state index in [-0.39, 0.29) is 37.3 Å². The molecule has 0 bridgehead atoms. The predicted molar refractivity (Wildman–Crippen MR) is 86.3 cm³/mol. The summed E-state index contributed by atoms with van der Waals surface area (Å²) in [5, 5.41) is 5.34. The molecule has 0 radical (unpaired) electrons. The van der Waals surface area contributed by atoms with E-state index in [4.69, 9.17) is 5.73 Å². The second-order valence-electron chi connectivity index (χ2n) is 5.20. The van der Waals surface area contributed by atoms with Crippen LogP contribution in [0, 0.1) is 0 Å². The van der Waals surface area contributed by atoms with Gasteiger partial charge in [-0.3, -0.25) is 9.59 Å². The maximum Gasteiger partial charge on any atom is 0.240 e. The van der Waals surface area contributed by atoms with E-state index in [1.807, 2.05) is 26.0 Å². The fraction of sp³-hybridized carbons (Fsp3) is 0.467. The van der Waals surface area contributed by atoms with Crippen LogP contribution in [0.3, 0.4) is 0 Å². The van der Waals surface area contributed by atoms with Crippen molar-refractivity contribution in [3.05, 3.63) is 35.4 Å². The molecule has 1 aromatic carbocycles. The molecule has 1 aromatic rings. The molecule has 0 spiro atoms. The van der Waals surface area contributed by atoms with E-state index in [1.165, 1.54) is 5.56 Å². The van der Waals surface area contributed by atoms with E-state index in [0.717, 1.165) is 12.0 Å². The summed E-state index contributed by atoms with van der Waals surface area (Å²) in [6.45, 7) is 5.77. The van der Waals surface area contributed by atoms with Crippen LogP contribution >= 0.6 is 12.4 Å². The quantitative estimate of drug-likeness (QED) is 0.735. The molecule has 0 saturated heterocycles. The van der Waals surface area contributed by atoms with Gasteiger partial charge in [0.1, 0.15) is 0 Å². The Morgan fingerprint density at radius 2 is 1.71 bits per heavy atom. The van der Waals surface area contributed by atoms with Crippen molar-refractivity contribution in [2.75, 3.05) is 13.1 Å². The zero-order chi connectivity index (χ0) is 15.2. The largest absolute Gasteiger partial charge is 0.346 e. The van der Waals surface area contributed by atoms with Gasteiger partial charge in [-0.2, -0.15) is 0 Å². The summed E-state index contributed by atoms with van der Waals surface area (Å²) in [6.07, 6.45) is 0.984. The summed E-state index contributed by atoms with van der Waals surface area (Å²) in [4.78, 5) is 22.8. The minimum atomic E-state index is -0.489. The molecule has 21 heavy (non-hydrogen) atoms. The lowest BCUT2D eigenvalue weighted by Gasteiger charge is -2.27. The molecule has 0 aliphatic carbocycles. The average Bonchev–Trinajstić information content (AvgIpc) is 2.44. The van der Waals surface area contributed by atoms with Crippen molar-refractivity contribution in [2.45, 2.75) is 32.7 Å². The fourth-order valence-electron chi connectivity index (χ4n) is 1.87. The summed E-state index contributed by atoms with van der Waals surface area (Å²) in [5.41, 5.74) is 6.95. The van der Waals surface area contributed by atoms with Gasteiger partial charge in [0.25, 0.3) is 0 Å². The lowest BCUT2D eigenvalue weighted by atomic mass is 9.93. The van der Waals surface area contributed by atoms with Crippen LogP contribution in [0.4, 0.5) is 0 Å². The van der Waals surface area contributed by atoms with Gasteiger partial charge in [-0.1, -0.05) is 31.2 Å². The number of halogens is 1. The first-order valence-corrected chi connectivity index (χ1v) is 6.76.